The molecule has 4 aromatic rings. The third kappa shape index (κ3) is 3.68. The summed E-state index contributed by atoms with van der Waals surface area (Å²) in [5, 5.41) is 6.89. The van der Waals surface area contributed by atoms with E-state index in [0.717, 1.165) is 33.9 Å². The molecule has 1 N–H and O–H groups in total. The maximum atomic E-state index is 13.7. The second-order valence-electron chi connectivity index (χ2n) is 11.1. The van der Waals surface area contributed by atoms with Crippen molar-refractivity contribution in [2.45, 2.75) is 44.1 Å². The normalized spacial score (nSPS) is 26.7. The van der Waals surface area contributed by atoms with Gasteiger partial charge >= 0.3 is 6.18 Å². The standard InChI is InChI=1S/C27H23F3N8O2S2/c1-11-21(42-12(2)33-11)16-9-41-25(34-16)35-17-5-4-13(7-31-17)23(39)38-20-18-14-6-26(14,38)10-37(19(18)20)24-32-8-15(27(28,29)30)22(36-24)40-3/h4-5,7-9,14,18-20H,6,10H2,1-3H3,(H,31,34,35)/t14-,18-,19?,20?,26+/m1/s1. The van der Waals surface area contributed by atoms with Crippen LogP contribution in [0.1, 0.15) is 33.0 Å². The van der Waals surface area contributed by atoms with Gasteiger partial charge < -0.3 is 19.9 Å². The van der Waals surface area contributed by atoms with Crippen LogP contribution in [0.15, 0.2) is 29.9 Å². The van der Waals surface area contributed by atoms with E-state index in [1.54, 1.807) is 29.7 Å². The highest BCUT2D eigenvalue weighted by Gasteiger charge is 2.86. The summed E-state index contributed by atoms with van der Waals surface area (Å²) in [5.74, 6) is 0.867. The summed E-state index contributed by atoms with van der Waals surface area (Å²) in [5.41, 5.74) is 0.951. The number of nitrogens with one attached hydrogen (secondary N) is 1. The van der Waals surface area contributed by atoms with E-state index in [1.165, 1.54) is 18.4 Å². The second-order valence-corrected chi connectivity index (χ2v) is 13.2. The summed E-state index contributed by atoms with van der Waals surface area (Å²) in [7, 11) is 1.17. The number of aryl methyl sites for hydroxylation is 2. The number of halogens is 3. The highest BCUT2D eigenvalue weighted by atomic mass is 32.1. The zero-order valence-electron chi connectivity index (χ0n) is 22.5. The predicted octanol–water partition coefficient (Wildman–Crippen LogP) is 4.94. The summed E-state index contributed by atoms with van der Waals surface area (Å²) in [4.78, 5) is 40.5. The van der Waals surface area contributed by atoms with Crippen LogP contribution in [0.25, 0.3) is 10.6 Å². The number of fused-ring (bicyclic) bond motifs is 1. The predicted molar refractivity (Wildman–Crippen MR) is 149 cm³/mol. The second kappa shape index (κ2) is 8.60. The Balaban J connectivity index is 0.980. The number of hydrogen-bond donors (Lipinski definition) is 1. The molecule has 2 saturated carbocycles. The average molecular weight is 613 g/mol. The Hall–Kier alpha value is -3.85. The van der Waals surface area contributed by atoms with Gasteiger partial charge in [0, 0.05) is 30.2 Å². The fourth-order valence-corrected chi connectivity index (χ4v) is 8.64. The van der Waals surface area contributed by atoms with Crippen molar-refractivity contribution in [3.05, 3.63) is 51.7 Å². The molecular formula is C27H23F3N8O2S2. The Kier molecular flexibility index (Phi) is 5.29. The molecule has 5 atom stereocenters. The highest BCUT2D eigenvalue weighted by Crippen LogP contribution is 2.75. The highest BCUT2D eigenvalue weighted by molar-refractivity contribution is 7.16. The van der Waals surface area contributed by atoms with Crippen molar-refractivity contribution >= 4 is 45.5 Å². The third-order valence-corrected chi connectivity index (χ3v) is 10.6. The Labute approximate surface area is 245 Å². The molecule has 15 heteroatoms. The molecule has 42 heavy (non-hydrogen) atoms. The number of thiazole rings is 2. The molecule has 7 heterocycles. The van der Waals surface area contributed by atoms with Gasteiger partial charge in [-0.05, 0) is 38.3 Å². The van der Waals surface area contributed by atoms with E-state index >= 15 is 0 Å². The van der Waals surface area contributed by atoms with E-state index in [9.17, 15) is 18.0 Å². The Morgan fingerprint density at radius 3 is 2.64 bits per heavy atom. The molecule has 4 bridgehead atoms. The molecule has 2 aliphatic carbocycles. The van der Waals surface area contributed by atoms with Gasteiger partial charge in [-0.25, -0.2) is 19.9 Å². The van der Waals surface area contributed by atoms with Crippen molar-refractivity contribution < 1.29 is 22.7 Å². The van der Waals surface area contributed by atoms with Gasteiger partial charge in [-0.15, -0.1) is 22.7 Å². The molecule has 5 fully saturated rings. The first-order valence-electron chi connectivity index (χ1n) is 13.3. The lowest BCUT2D eigenvalue weighted by Crippen LogP contribution is -2.58. The van der Waals surface area contributed by atoms with Gasteiger partial charge in [0.15, 0.2) is 5.13 Å². The van der Waals surface area contributed by atoms with Crippen molar-refractivity contribution in [1.82, 2.24) is 29.8 Å². The van der Waals surface area contributed by atoms with E-state index in [4.69, 9.17) is 4.74 Å². The summed E-state index contributed by atoms with van der Waals surface area (Å²) in [6.07, 6.45) is -1.39. The van der Waals surface area contributed by atoms with Crippen LogP contribution in [0.4, 0.5) is 30.1 Å². The molecular weight excluding hydrogens is 589 g/mol. The van der Waals surface area contributed by atoms with Crippen LogP contribution in [0.2, 0.25) is 0 Å². The minimum Gasteiger partial charge on any atom is -0.480 e. The molecule has 4 aromatic heterocycles. The van der Waals surface area contributed by atoms with Gasteiger partial charge in [0.1, 0.15) is 11.4 Å². The number of nitrogens with zero attached hydrogens (tertiary/aromatic N) is 7. The molecule has 1 amide bonds. The molecule has 1 spiro atoms. The number of piperazine rings is 1. The van der Waals surface area contributed by atoms with Crippen LogP contribution < -0.4 is 15.0 Å². The monoisotopic (exact) mass is 612 g/mol. The van der Waals surface area contributed by atoms with Gasteiger partial charge in [-0.1, -0.05) is 0 Å². The van der Waals surface area contributed by atoms with Crippen LogP contribution >= 0.6 is 22.7 Å². The number of carbonyl (C=O) groups is 1. The summed E-state index contributed by atoms with van der Waals surface area (Å²) in [6.45, 7) is 4.42. The van der Waals surface area contributed by atoms with E-state index in [2.05, 4.69) is 30.2 Å². The zero-order chi connectivity index (χ0) is 29.1. The number of alkyl halides is 3. The lowest BCUT2D eigenvalue weighted by Gasteiger charge is -2.42. The van der Waals surface area contributed by atoms with E-state index in [1.807, 2.05) is 29.0 Å². The number of anilines is 3. The van der Waals surface area contributed by atoms with E-state index in [0.29, 0.717) is 29.0 Å². The Morgan fingerprint density at radius 1 is 1.14 bits per heavy atom. The van der Waals surface area contributed by atoms with Crippen LogP contribution in [0, 0.1) is 25.7 Å². The third-order valence-electron chi connectivity index (χ3n) is 8.75. The minimum atomic E-state index is -4.61. The number of piperidine rings is 3. The fourth-order valence-electron chi connectivity index (χ4n) is 6.98. The van der Waals surface area contributed by atoms with Crippen LogP contribution in [0.3, 0.4) is 0 Å². The number of amides is 1. The van der Waals surface area contributed by atoms with Gasteiger partial charge in [0.2, 0.25) is 11.8 Å². The van der Waals surface area contributed by atoms with Crippen molar-refractivity contribution in [1.29, 1.82) is 0 Å². The SMILES string of the molecule is COc1nc(N2C[C@@]34C[C@@H]3[C@@H]3C2C3N4C(=O)c2ccc(Nc3nc(-c4sc(C)nc4C)cs3)nc2)ncc1C(F)(F)F. The number of aromatic nitrogens is 5. The molecule has 9 rings (SSSR count). The summed E-state index contributed by atoms with van der Waals surface area (Å²) < 4.78 is 44.9. The first kappa shape index (κ1) is 25.8. The molecule has 0 radical (unpaired) electrons. The van der Waals surface area contributed by atoms with Crippen LogP contribution in [0.5, 0.6) is 5.88 Å². The molecule has 2 unspecified atom stereocenters. The number of hydrogen-bond acceptors (Lipinski definition) is 11. The molecule has 0 aromatic carbocycles. The molecule has 5 aliphatic rings. The largest absolute Gasteiger partial charge is 0.480 e. The van der Waals surface area contributed by atoms with Crippen LogP contribution in [-0.4, -0.2) is 67.0 Å². The van der Waals surface area contributed by atoms with Gasteiger partial charge in [-0.3, -0.25) is 4.79 Å². The molecule has 10 nitrogen and oxygen atoms in total. The minimum absolute atomic E-state index is 0.0211. The first-order valence-corrected chi connectivity index (χ1v) is 15.0. The Bertz CT molecular complexity index is 1760. The van der Waals surface area contributed by atoms with Crippen molar-refractivity contribution in [2.24, 2.45) is 11.8 Å². The van der Waals surface area contributed by atoms with Gasteiger partial charge in [0.05, 0.1) is 51.6 Å². The summed E-state index contributed by atoms with van der Waals surface area (Å²) >= 11 is 3.08. The number of methoxy groups -OCH3 is 1. The lowest BCUT2D eigenvalue weighted by molar-refractivity contribution is -0.139. The van der Waals surface area contributed by atoms with Gasteiger partial charge in [0.25, 0.3) is 5.91 Å². The maximum absolute atomic E-state index is 13.7. The van der Waals surface area contributed by atoms with Gasteiger partial charge in [-0.2, -0.15) is 18.2 Å². The quantitative estimate of drug-likeness (QED) is 0.324. The number of carbonyl (C=O) groups excluding carboxylic acids is 1. The van der Waals surface area contributed by atoms with Crippen LogP contribution in [-0.2, 0) is 6.18 Å². The molecule has 3 aliphatic heterocycles. The average Bonchev–Trinajstić information content (AvgIpc) is 3.74. The van der Waals surface area contributed by atoms with Crippen molar-refractivity contribution in [3.8, 4) is 16.5 Å². The van der Waals surface area contributed by atoms with Crippen molar-refractivity contribution in [2.75, 3.05) is 23.9 Å². The van der Waals surface area contributed by atoms with Crippen molar-refractivity contribution in [3.63, 3.8) is 0 Å². The molecule has 3 saturated heterocycles. The number of pyridine rings is 1. The van der Waals surface area contributed by atoms with E-state index in [-0.39, 0.29) is 35.4 Å². The topological polar surface area (TPSA) is 109 Å². The first-order chi connectivity index (χ1) is 20.1. The number of rotatable bonds is 6. The Morgan fingerprint density at radius 2 is 1.98 bits per heavy atom. The lowest BCUT2D eigenvalue weighted by atomic mass is 10.0. The molecule has 216 valence electrons. The fraction of sp³-hybridized carbons (Fsp3) is 0.407. The van der Waals surface area contributed by atoms with E-state index < -0.39 is 17.6 Å². The zero-order valence-corrected chi connectivity index (χ0v) is 24.1. The summed E-state index contributed by atoms with van der Waals surface area (Å²) in [6, 6.07) is 3.49. The number of ether oxygens (including phenoxy) is 1. The maximum Gasteiger partial charge on any atom is 0.423 e. The smallest absolute Gasteiger partial charge is 0.423 e.